The van der Waals surface area contributed by atoms with Crippen LogP contribution in [0.3, 0.4) is 0 Å². The van der Waals surface area contributed by atoms with E-state index >= 15 is 0 Å². The first-order chi connectivity index (χ1) is 9.67. The van der Waals surface area contributed by atoms with Crippen molar-refractivity contribution in [2.45, 2.75) is 18.6 Å². The number of rotatable bonds is 2. The van der Waals surface area contributed by atoms with Gasteiger partial charge in [-0.1, -0.05) is 12.1 Å². The summed E-state index contributed by atoms with van der Waals surface area (Å²) in [6.45, 7) is 0. The van der Waals surface area contributed by atoms with Gasteiger partial charge >= 0.3 is 0 Å². The summed E-state index contributed by atoms with van der Waals surface area (Å²) >= 11 is 0. The van der Waals surface area contributed by atoms with Crippen LogP contribution in [-0.2, 0) is 4.74 Å². The second-order valence-corrected chi connectivity index (χ2v) is 4.88. The number of benzene rings is 2. The summed E-state index contributed by atoms with van der Waals surface area (Å²) in [6.07, 6.45) is 0.465. The van der Waals surface area contributed by atoms with Crippen LogP contribution in [0, 0.1) is 0 Å². The Morgan fingerprint density at radius 2 is 1.75 bits per heavy atom. The third kappa shape index (κ3) is 2.30. The molecule has 4 heteroatoms. The lowest BCUT2D eigenvalue weighted by Crippen LogP contribution is -2.20. The highest BCUT2D eigenvalue weighted by atomic mass is 16.5. The average molecular weight is 272 g/mol. The van der Waals surface area contributed by atoms with E-state index in [4.69, 9.17) is 9.47 Å². The summed E-state index contributed by atoms with van der Waals surface area (Å²) < 4.78 is 11.5. The second-order valence-electron chi connectivity index (χ2n) is 4.88. The zero-order chi connectivity index (χ0) is 14.1. The Balaban J connectivity index is 1.95. The molecule has 20 heavy (non-hydrogen) atoms. The van der Waals surface area contributed by atoms with Crippen molar-refractivity contribution < 1.29 is 19.7 Å². The van der Waals surface area contributed by atoms with Gasteiger partial charge in [-0.25, -0.2) is 0 Å². The average Bonchev–Trinajstić information content (AvgIpc) is 2.46. The fraction of sp³-hybridized carbons (Fsp3) is 0.250. The Morgan fingerprint density at radius 1 is 1.05 bits per heavy atom. The van der Waals surface area contributed by atoms with Gasteiger partial charge in [0.15, 0.2) is 0 Å². The van der Waals surface area contributed by atoms with Crippen molar-refractivity contribution in [3.8, 4) is 17.2 Å². The maximum atomic E-state index is 9.59. The lowest BCUT2D eigenvalue weighted by atomic mass is 9.94. The van der Waals surface area contributed by atoms with Crippen LogP contribution in [0.5, 0.6) is 17.2 Å². The van der Waals surface area contributed by atoms with Crippen LogP contribution in [0.25, 0.3) is 0 Å². The highest BCUT2D eigenvalue weighted by Gasteiger charge is 2.29. The minimum atomic E-state index is -0.158. The Morgan fingerprint density at radius 3 is 2.45 bits per heavy atom. The van der Waals surface area contributed by atoms with E-state index < -0.39 is 0 Å². The van der Waals surface area contributed by atoms with E-state index in [1.54, 1.807) is 31.4 Å². The summed E-state index contributed by atoms with van der Waals surface area (Å²) in [6, 6.07) is 12.0. The molecule has 2 atom stereocenters. The molecule has 2 aromatic rings. The molecule has 4 nitrogen and oxygen atoms in total. The van der Waals surface area contributed by atoms with Crippen molar-refractivity contribution in [2.24, 2.45) is 0 Å². The standard InChI is InChI=1S/C16H16O4/c1-19-15-9-14(10-2-4-11(17)5-3-10)20-16-8-12(18)6-7-13(15)16/h2-8,14-15,17-18H,9H2,1H3/t14-,15+/m1/s1. The molecule has 0 amide bonds. The first-order valence-electron chi connectivity index (χ1n) is 6.48. The second kappa shape index (κ2) is 5.06. The molecule has 0 saturated heterocycles. The fourth-order valence-corrected chi connectivity index (χ4v) is 2.53. The predicted molar refractivity (Wildman–Crippen MR) is 73.9 cm³/mol. The SMILES string of the molecule is CO[C@H]1C[C@H](c2ccc(O)cc2)Oc2cc(O)ccc21. The van der Waals surface area contributed by atoms with E-state index in [9.17, 15) is 10.2 Å². The molecule has 0 radical (unpaired) electrons. The number of ether oxygens (including phenoxy) is 2. The predicted octanol–water partition coefficient (Wildman–Crippen LogP) is 3.31. The molecule has 1 aliphatic heterocycles. The van der Waals surface area contributed by atoms with Crippen molar-refractivity contribution in [1.82, 2.24) is 0 Å². The quantitative estimate of drug-likeness (QED) is 0.880. The monoisotopic (exact) mass is 272 g/mol. The van der Waals surface area contributed by atoms with Crippen LogP contribution in [0.4, 0.5) is 0 Å². The highest BCUT2D eigenvalue weighted by molar-refractivity contribution is 5.44. The molecule has 1 aliphatic rings. The van der Waals surface area contributed by atoms with Gasteiger partial charge in [-0.2, -0.15) is 0 Å². The Hall–Kier alpha value is -2.20. The number of phenolic OH excluding ortho intramolecular Hbond substituents is 2. The van der Waals surface area contributed by atoms with Crippen LogP contribution in [0.1, 0.15) is 29.8 Å². The summed E-state index contributed by atoms with van der Waals surface area (Å²) in [5.74, 6) is 1.04. The van der Waals surface area contributed by atoms with Crippen molar-refractivity contribution in [1.29, 1.82) is 0 Å². The minimum Gasteiger partial charge on any atom is -0.508 e. The molecule has 1 heterocycles. The summed E-state index contributed by atoms with van der Waals surface area (Å²) in [7, 11) is 1.67. The van der Waals surface area contributed by atoms with Gasteiger partial charge in [0.1, 0.15) is 23.4 Å². The molecule has 0 bridgehead atoms. The Labute approximate surface area is 117 Å². The van der Waals surface area contributed by atoms with E-state index in [1.807, 2.05) is 18.2 Å². The molecule has 0 fully saturated rings. The molecule has 3 rings (SSSR count). The van der Waals surface area contributed by atoms with Crippen LogP contribution in [0.2, 0.25) is 0 Å². The smallest absolute Gasteiger partial charge is 0.129 e. The summed E-state index contributed by atoms with van der Waals surface area (Å²) in [4.78, 5) is 0. The van der Waals surface area contributed by atoms with Gasteiger partial charge in [0.25, 0.3) is 0 Å². The highest BCUT2D eigenvalue weighted by Crippen LogP contribution is 2.43. The topological polar surface area (TPSA) is 58.9 Å². The third-order valence-corrected chi connectivity index (χ3v) is 3.59. The molecular formula is C16H16O4. The van der Waals surface area contributed by atoms with Gasteiger partial charge in [0.2, 0.25) is 0 Å². The minimum absolute atomic E-state index is 0.0712. The molecule has 0 spiro atoms. The lowest BCUT2D eigenvalue weighted by Gasteiger charge is -2.31. The van der Waals surface area contributed by atoms with E-state index in [-0.39, 0.29) is 23.7 Å². The van der Waals surface area contributed by atoms with E-state index in [2.05, 4.69) is 0 Å². The van der Waals surface area contributed by atoms with Crippen molar-refractivity contribution in [3.63, 3.8) is 0 Å². The zero-order valence-electron chi connectivity index (χ0n) is 11.1. The van der Waals surface area contributed by atoms with E-state index in [0.29, 0.717) is 12.2 Å². The molecule has 0 saturated carbocycles. The van der Waals surface area contributed by atoms with Crippen LogP contribution >= 0.6 is 0 Å². The van der Waals surface area contributed by atoms with Crippen LogP contribution in [0.15, 0.2) is 42.5 Å². The van der Waals surface area contributed by atoms with Crippen molar-refractivity contribution >= 4 is 0 Å². The van der Waals surface area contributed by atoms with Crippen molar-refractivity contribution in [3.05, 3.63) is 53.6 Å². The van der Waals surface area contributed by atoms with E-state index in [1.165, 1.54) is 0 Å². The maximum absolute atomic E-state index is 9.59. The molecule has 0 aliphatic carbocycles. The normalized spacial score (nSPS) is 21.1. The Kier molecular flexibility index (Phi) is 3.24. The summed E-state index contributed by atoms with van der Waals surface area (Å²) in [5.41, 5.74) is 1.92. The molecule has 0 unspecified atom stereocenters. The molecule has 2 aromatic carbocycles. The maximum Gasteiger partial charge on any atom is 0.129 e. The van der Waals surface area contributed by atoms with Crippen molar-refractivity contribution in [2.75, 3.05) is 7.11 Å². The lowest BCUT2D eigenvalue weighted by molar-refractivity contribution is 0.0299. The number of hydrogen-bond acceptors (Lipinski definition) is 4. The van der Waals surface area contributed by atoms with Gasteiger partial charge < -0.3 is 19.7 Å². The molecule has 2 N–H and O–H groups in total. The molecule has 104 valence electrons. The van der Waals surface area contributed by atoms with Gasteiger partial charge in [-0.15, -0.1) is 0 Å². The first kappa shape index (κ1) is 12.8. The van der Waals surface area contributed by atoms with Crippen LogP contribution < -0.4 is 4.74 Å². The number of aromatic hydroxyl groups is 2. The zero-order valence-corrected chi connectivity index (χ0v) is 11.1. The number of fused-ring (bicyclic) bond motifs is 1. The Bertz CT molecular complexity index is 606. The first-order valence-corrected chi connectivity index (χ1v) is 6.48. The van der Waals surface area contributed by atoms with E-state index in [0.717, 1.165) is 11.1 Å². The number of phenols is 2. The van der Waals surface area contributed by atoms with Gasteiger partial charge in [-0.3, -0.25) is 0 Å². The number of methoxy groups -OCH3 is 1. The third-order valence-electron chi connectivity index (χ3n) is 3.59. The van der Waals surface area contributed by atoms with Gasteiger partial charge in [0.05, 0.1) is 6.10 Å². The largest absolute Gasteiger partial charge is 0.508 e. The van der Waals surface area contributed by atoms with Gasteiger partial charge in [0, 0.05) is 25.2 Å². The van der Waals surface area contributed by atoms with Gasteiger partial charge in [-0.05, 0) is 29.8 Å². The molecular weight excluding hydrogens is 256 g/mol. The number of hydrogen-bond donors (Lipinski definition) is 2. The van der Waals surface area contributed by atoms with Crippen LogP contribution in [-0.4, -0.2) is 17.3 Å². The molecule has 0 aromatic heterocycles. The summed E-state index contributed by atoms with van der Waals surface area (Å²) in [5, 5.41) is 18.9. The fourth-order valence-electron chi connectivity index (χ4n) is 2.53.